The molecule has 0 radical (unpaired) electrons. The van der Waals surface area contributed by atoms with Gasteiger partial charge in [-0.1, -0.05) is 25.1 Å². The minimum Gasteiger partial charge on any atom is -0.371 e. The zero-order chi connectivity index (χ0) is 10.8. The van der Waals surface area contributed by atoms with Gasteiger partial charge in [-0.05, 0) is 18.1 Å². The maximum Gasteiger partial charge on any atom is 0.124 e. The Balaban J connectivity index is 2.48. The third-order valence-electron chi connectivity index (χ3n) is 3.18. The number of aldehydes is 1. The first kappa shape index (κ1) is 10.2. The van der Waals surface area contributed by atoms with Crippen molar-refractivity contribution in [2.75, 3.05) is 18.0 Å². The number of hydrogen-bond donors (Lipinski definition) is 0. The zero-order valence-electron chi connectivity index (χ0n) is 9.36. The number of fused-ring (bicyclic) bond motifs is 1. The highest BCUT2D eigenvalue weighted by molar-refractivity contribution is 5.70. The Labute approximate surface area is 90.9 Å². The monoisotopic (exact) mass is 203 g/mol. The van der Waals surface area contributed by atoms with Gasteiger partial charge in [-0.3, -0.25) is 0 Å². The van der Waals surface area contributed by atoms with Crippen LogP contribution in [0.5, 0.6) is 0 Å². The van der Waals surface area contributed by atoms with Gasteiger partial charge in [0.1, 0.15) is 6.29 Å². The van der Waals surface area contributed by atoms with Crippen LogP contribution in [0.15, 0.2) is 18.2 Å². The molecule has 0 bridgehead atoms. The van der Waals surface area contributed by atoms with Crippen molar-refractivity contribution < 1.29 is 4.79 Å². The minimum atomic E-state index is 0.534. The second-order valence-corrected chi connectivity index (χ2v) is 4.17. The summed E-state index contributed by atoms with van der Waals surface area (Å²) in [5.41, 5.74) is 3.88. The molecule has 0 N–H and O–H groups in total. The minimum absolute atomic E-state index is 0.534. The van der Waals surface area contributed by atoms with Crippen molar-refractivity contribution >= 4 is 12.0 Å². The van der Waals surface area contributed by atoms with Crippen LogP contribution >= 0.6 is 0 Å². The first-order valence-electron chi connectivity index (χ1n) is 5.58. The van der Waals surface area contributed by atoms with Crippen molar-refractivity contribution in [1.82, 2.24) is 0 Å². The number of carbonyl (C=O) groups excluding carboxylic acids is 1. The van der Waals surface area contributed by atoms with Crippen LogP contribution in [0.4, 0.5) is 5.69 Å². The van der Waals surface area contributed by atoms with Crippen molar-refractivity contribution in [3.05, 3.63) is 29.3 Å². The van der Waals surface area contributed by atoms with Crippen LogP contribution in [0.3, 0.4) is 0 Å². The Hall–Kier alpha value is -1.31. The lowest BCUT2D eigenvalue weighted by Crippen LogP contribution is -2.21. The molecular formula is C13H17NO. The molecule has 0 fully saturated rings. The molecule has 0 saturated carbocycles. The molecule has 1 unspecified atom stereocenters. The molecule has 2 nitrogen and oxygen atoms in total. The zero-order valence-corrected chi connectivity index (χ0v) is 9.36. The van der Waals surface area contributed by atoms with Crippen LogP contribution < -0.4 is 4.90 Å². The van der Waals surface area contributed by atoms with Crippen LogP contribution in [0.1, 0.15) is 30.9 Å². The van der Waals surface area contributed by atoms with E-state index in [1.54, 1.807) is 0 Å². The Morgan fingerprint density at radius 2 is 2.33 bits per heavy atom. The predicted octanol–water partition coefficient (Wildman–Crippen LogP) is 2.37. The van der Waals surface area contributed by atoms with Gasteiger partial charge in [-0.25, -0.2) is 0 Å². The van der Waals surface area contributed by atoms with E-state index in [-0.39, 0.29) is 0 Å². The lowest BCUT2D eigenvalue weighted by Gasteiger charge is -2.19. The van der Waals surface area contributed by atoms with Gasteiger partial charge >= 0.3 is 0 Å². The molecule has 0 amide bonds. The van der Waals surface area contributed by atoms with Crippen molar-refractivity contribution in [3.63, 3.8) is 0 Å². The summed E-state index contributed by atoms with van der Waals surface area (Å²) >= 11 is 0. The fourth-order valence-corrected chi connectivity index (χ4v) is 2.46. The summed E-state index contributed by atoms with van der Waals surface area (Å²) < 4.78 is 0. The Morgan fingerprint density at radius 1 is 1.53 bits per heavy atom. The Bertz CT molecular complexity index is 373. The second kappa shape index (κ2) is 4.05. The van der Waals surface area contributed by atoms with Gasteiger partial charge in [-0.15, -0.1) is 0 Å². The highest BCUT2D eigenvalue weighted by atomic mass is 16.1. The predicted molar refractivity (Wildman–Crippen MR) is 62.5 cm³/mol. The SMILES string of the molecule is CCN1CC(C)c2cccc(CC=O)c21. The summed E-state index contributed by atoms with van der Waals surface area (Å²) in [5, 5.41) is 0. The number of nitrogens with zero attached hydrogens (tertiary/aromatic N) is 1. The van der Waals surface area contributed by atoms with Gasteiger partial charge in [0.15, 0.2) is 0 Å². The quantitative estimate of drug-likeness (QED) is 0.703. The molecule has 0 aliphatic carbocycles. The number of benzene rings is 1. The second-order valence-electron chi connectivity index (χ2n) is 4.17. The molecule has 0 spiro atoms. The van der Waals surface area contributed by atoms with Gasteiger partial charge in [-0.2, -0.15) is 0 Å². The normalized spacial score (nSPS) is 19.1. The van der Waals surface area contributed by atoms with Crippen molar-refractivity contribution in [1.29, 1.82) is 0 Å². The third kappa shape index (κ3) is 1.65. The number of anilines is 1. The van der Waals surface area contributed by atoms with Crippen molar-refractivity contribution in [3.8, 4) is 0 Å². The maximum absolute atomic E-state index is 10.6. The van der Waals surface area contributed by atoms with E-state index in [4.69, 9.17) is 0 Å². The molecule has 80 valence electrons. The molecular weight excluding hydrogens is 186 g/mol. The van der Waals surface area contributed by atoms with Crippen LogP contribution in [0, 0.1) is 0 Å². The van der Waals surface area contributed by atoms with Gasteiger partial charge < -0.3 is 9.69 Å². The summed E-state index contributed by atoms with van der Waals surface area (Å²) in [7, 11) is 0. The third-order valence-corrected chi connectivity index (χ3v) is 3.18. The first-order valence-corrected chi connectivity index (χ1v) is 5.58. The highest BCUT2D eigenvalue weighted by Crippen LogP contribution is 2.38. The van der Waals surface area contributed by atoms with Gasteiger partial charge in [0, 0.05) is 31.1 Å². The van der Waals surface area contributed by atoms with E-state index in [9.17, 15) is 4.79 Å². The van der Waals surface area contributed by atoms with E-state index in [0.29, 0.717) is 12.3 Å². The molecule has 0 saturated heterocycles. The lowest BCUT2D eigenvalue weighted by atomic mass is 10.00. The number of para-hydroxylation sites is 1. The number of rotatable bonds is 3. The highest BCUT2D eigenvalue weighted by Gasteiger charge is 2.26. The summed E-state index contributed by atoms with van der Waals surface area (Å²) in [6.45, 7) is 6.52. The van der Waals surface area contributed by atoms with Crippen LogP contribution in [0.2, 0.25) is 0 Å². The Kier molecular flexibility index (Phi) is 2.76. The fraction of sp³-hybridized carbons (Fsp3) is 0.462. The largest absolute Gasteiger partial charge is 0.371 e. The van der Waals surface area contributed by atoms with E-state index >= 15 is 0 Å². The summed E-state index contributed by atoms with van der Waals surface area (Å²) in [4.78, 5) is 13.0. The van der Waals surface area contributed by atoms with Crippen LogP contribution in [-0.2, 0) is 11.2 Å². The van der Waals surface area contributed by atoms with Crippen molar-refractivity contribution in [2.45, 2.75) is 26.2 Å². The van der Waals surface area contributed by atoms with Gasteiger partial charge in [0.2, 0.25) is 0 Å². The van der Waals surface area contributed by atoms with E-state index < -0.39 is 0 Å². The summed E-state index contributed by atoms with van der Waals surface area (Å²) in [5.74, 6) is 0.589. The standard InChI is InChI=1S/C13H17NO/c1-3-14-9-10(2)12-6-4-5-11(7-8-15)13(12)14/h4-6,8,10H,3,7,9H2,1-2H3. The van der Waals surface area contributed by atoms with E-state index in [1.165, 1.54) is 16.8 Å². The molecule has 2 rings (SSSR count). The van der Waals surface area contributed by atoms with Gasteiger partial charge in [0.25, 0.3) is 0 Å². The molecule has 1 aromatic carbocycles. The van der Waals surface area contributed by atoms with E-state index in [0.717, 1.165) is 19.4 Å². The molecule has 15 heavy (non-hydrogen) atoms. The molecule has 1 heterocycles. The lowest BCUT2D eigenvalue weighted by molar-refractivity contribution is -0.107. The average molecular weight is 203 g/mol. The molecule has 1 aromatic rings. The molecule has 1 aliphatic rings. The van der Waals surface area contributed by atoms with Crippen LogP contribution in [-0.4, -0.2) is 19.4 Å². The average Bonchev–Trinajstić information content (AvgIpc) is 2.58. The number of likely N-dealkylation sites (N-methyl/N-ethyl adjacent to an activating group) is 1. The molecule has 2 heteroatoms. The van der Waals surface area contributed by atoms with Gasteiger partial charge in [0.05, 0.1) is 0 Å². The summed E-state index contributed by atoms with van der Waals surface area (Å²) in [6, 6.07) is 6.31. The van der Waals surface area contributed by atoms with Crippen molar-refractivity contribution in [2.24, 2.45) is 0 Å². The molecule has 1 atom stereocenters. The van der Waals surface area contributed by atoms with E-state index in [2.05, 4.69) is 36.9 Å². The van der Waals surface area contributed by atoms with Crippen LogP contribution in [0.25, 0.3) is 0 Å². The molecule has 0 aromatic heterocycles. The maximum atomic E-state index is 10.6. The first-order chi connectivity index (χ1) is 7.27. The fourth-order valence-electron chi connectivity index (χ4n) is 2.46. The topological polar surface area (TPSA) is 20.3 Å². The number of hydrogen-bond acceptors (Lipinski definition) is 2. The van der Waals surface area contributed by atoms with E-state index in [1.807, 2.05) is 0 Å². The Morgan fingerprint density at radius 3 is 3.00 bits per heavy atom. The number of carbonyl (C=O) groups is 1. The molecule has 1 aliphatic heterocycles. The summed E-state index contributed by atoms with van der Waals surface area (Å²) in [6.07, 6.45) is 1.53. The smallest absolute Gasteiger partial charge is 0.124 e.